The molecule has 0 aliphatic heterocycles. The molecule has 1 rings (SSSR count). The maximum Gasteiger partial charge on any atom is 0.193 e. The van der Waals surface area contributed by atoms with Crippen molar-refractivity contribution < 1.29 is 9.52 Å². The Hall–Kier alpha value is -0.220. The lowest BCUT2D eigenvalue weighted by atomic mass is 10.1. The first kappa shape index (κ1) is 15.8. The Morgan fingerprint density at radius 3 is 2.62 bits per heavy atom. The molecule has 1 atom stereocenters. The van der Waals surface area contributed by atoms with Crippen molar-refractivity contribution in [3.8, 4) is 0 Å². The van der Waals surface area contributed by atoms with Gasteiger partial charge in [-0.2, -0.15) is 0 Å². The molecule has 3 nitrogen and oxygen atoms in total. The van der Waals surface area contributed by atoms with E-state index < -0.39 is 0 Å². The summed E-state index contributed by atoms with van der Waals surface area (Å²) in [5.41, 5.74) is 0. The molecular weight excluding hydrogens is 249 g/mol. The Labute approximate surface area is 108 Å². The second-order valence-electron chi connectivity index (χ2n) is 4.12. The van der Waals surface area contributed by atoms with Crippen molar-refractivity contribution in [2.75, 3.05) is 6.54 Å². The Kier molecular flexibility index (Phi) is 7.85. The first-order valence-corrected chi connectivity index (χ1v) is 5.58. The zero-order valence-electron chi connectivity index (χ0n) is 9.57. The molecule has 0 amide bonds. The Bertz CT molecular complexity index is 289. The van der Waals surface area contributed by atoms with E-state index in [4.69, 9.17) is 16.0 Å². The number of hydrogen-bond acceptors (Lipinski definition) is 3. The second-order valence-corrected chi connectivity index (χ2v) is 4.49. The number of nitrogens with one attached hydrogen (secondary N) is 1. The van der Waals surface area contributed by atoms with Crippen LogP contribution in [0.3, 0.4) is 0 Å². The maximum absolute atomic E-state index is 9.58. The molecule has 0 radical (unpaired) electrons. The van der Waals surface area contributed by atoms with E-state index in [1.54, 1.807) is 6.07 Å². The topological polar surface area (TPSA) is 45.4 Å². The molecule has 0 aliphatic rings. The quantitative estimate of drug-likeness (QED) is 0.833. The van der Waals surface area contributed by atoms with Crippen molar-refractivity contribution in [1.82, 2.24) is 5.32 Å². The lowest BCUT2D eigenvalue weighted by Gasteiger charge is -2.13. The molecule has 16 heavy (non-hydrogen) atoms. The van der Waals surface area contributed by atoms with Gasteiger partial charge >= 0.3 is 0 Å². The van der Waals surface area contributed by atoms with Gasteiger partial charge in [-0.05, 0) is 36.1 Å². The second kappa shape index (κ2) is 7.96. The fourth-order valence-corrected chi connectivity index (χ4v) is 1.60. The minimum atomic E-state index is -0.296. The van der Waals surface area contributed by atoms with E-state index in [1.165, 1.54) is 0 Å². The monoisotopic (exact) mass is 267 g/mol. The molecular formula is C11H19Cl2NO2. The molecule has 0 saturated carbocycles. The fraction of sp³-hybridized carbons (Fsp3) is 0.636. The summed E-state index contributed by atoms with van der Waals surface area (Å²) in [5.74, 6) is 1.30. The van der Waals surface area contributed by atoms with Gasteiger partial charge in [0.05, 0.1) is 12.6 Å². The highest BCUT2D eigenvalue weighted by molar-refractivity contribution is 6.28. The third-order valence-electron chi connectivity index (χ3n) is 2.05. The summed E-state index contributed by atoms with van der Waals surface area (Å²) in [7, 11) is 0. The molecule has 94 valence electrons. The van der Waals surface area contributed by atoms with E-state index in [0.29, 0.717) is 24.2 Å². The largest absolute Gasteiger partial charge is 0.448 e. The number of rotatable bonds is 6. The molecule has 1 heterocycles. The Morgan fingerprint density at radius 2 is 2.12 bits per heavy atom. The van der Waals surface area contributed by atoms with Gasteiger partial charge in [0.25, 0.3) is 0 Å². The molecule has 0 saturated heterocycles. The van der Waals surface area contributed by atoms with Gasteiger partial charge in [-0.25, -0.2) is 0 Å². The maximum atomic E-state index is 9.58. The summed E-state index contributed by atoms with van der Waals surface area (Å²) in [4.78, 5) is 0. The van der Waals surface area contributed by atoms with Crippen LogP contribution in [0.25, 0.3) is 0 Å². The van der Waals surface area contributed by atoms with Gasteiger partial charge in [-0.1, -0.05) is 13.8 Å². The van der Waals surface area contributed by atoms with Crippen molar-refractivity contribution in [3.05, 3.63) is 23.1 Å². The normalized spacial score (nSPS) is 12.6. The van der Waals surface area contributed by atoms with Crippen LogP contribution in [-0.2, 0) is 6.54 Å². The number of aliphatic hydroxyl groups excluding tert-OH is 1. The van der Waals surface area contributed by atoms with Crippen molar-refractivity contribution in [2.24, 2.45) is 5.92 Å². The van der Waals surface area contributed by atoms with Crippen LogP contribution in [-0.4, -0.2) is 17.8 Å². The van der Waals surface area contributed by atoms with Gasteiger partial charge in [0, 0.05) is 6.54 Å². The standard InChI is InChI=1S/C11H18ClNO2.ClH/c1-8(2)5-9(14)6-13-7-10-3-4-11(12)15-10;/h3-4,8-9,13-14H,5-7H2,1-2H3;1H. The number of aliphatic hydroxyl groups is 1. The third-order valence-corrected chi connectivity index (χ3v) is 2.25. The van der Waals surface area contributed by atoms with E-state index in [0.717, 1.165) is 12.2 Å². The zero-order chi connectivity index (χ0) is 11.3. The highest BCUT2D eigenvalue weighted by atomic mass is 35.5. The minimum absolute atomic E-state index is 0. The molecule has 0 bridgehead atoms. The summed E-state index contributed by atoms with van der Waals surface area (Å²) in [6, 6.07) is 3.53. The van der Waals surface area contributed by atoms with E-state index in [9.17, 15) is 5.11 Å². The highest BCUT2D eigenvalue weighted by Crippen LogP contribution is 2.12. The lowest BCUT2D eigenvalue weighted by molar-refractivity contribution is 0.145. The van der Waals surface area contributed by atoms with Crippen molar-refractivity contribution in [1.29, 1.82) is 0 Å². The van der Waals surface area contributed by atoms with Crippen LogP contribution in [0.4, 0.5) is 0 Å². The van der Waals surface area contributed by atoms with E-state index in [-0.39, 0.29) is 18.5 Å². The summed E-state index contributed by atoms with van der Waals surface area (Å²) in [6.45, 7) is 5.36. The summed E-state index contributed by atoms with van der Waals surface area (Å²) < 4.78 is 5.17. The third kappa shape index (κ3) is 6.38. The minimum Gasteiger partial charge on any atom is -0.448 e. The molecule has 0 fully saturated rings. The number of hydrogen-bond donors (Lipinski definition) is 2. The highest BCUT2D eigenvalue weighted by Gasteiger charge is 2.06. The Morgan fingerprint density at radius 1 is 1.44 bits per heavy atom. The Balaban J connectivity index is 0.00000225. The first-order valence-electron chi connectivity index (χ1n) is 5.21. The van der Waals surface area contributed by atoms with E-state index in [2.05, 4.69) is 19.2 Å². The van der Waals surface area contributed by atoms with Crippen molar-refractivity contribution in [3.63, 3.8) is 0 Å². The van der Waals surface area contributed by atoms with Gasteiger partial charge in [0.2, 0.25) is 0 Å². The number of halogens is 2. The van der Waals surface area contributed by atoms with E-state index in [1.807, 2.05) is 6.07 Å². The average molecular weight is 268 g/mol. The predicted octanol–water partition coefficient (Wildman–Crippen LogP) is 2.85. The van der Waals surface area contributed by atoms with Crippen LogP contribution in [0.5, 0.6) is 0 Å². The lowest BCUT2D eigenvalue weighted by Crippen LogP contribution is -2.27. The first-order chi connectivity index (χ1) is 7.08. The van der Waals surface area contributed by atoms with Crippen LogP contribution < -0.4 is 5.32 Å². The molecule has 0 aromatic carbocycles. The van der Waals surface area contributed by atoms with Crippen LogP contribution in [0, 0.1) is 5.92 Å². The van der Waals surface area contributed by atoms with Crippen LogP contribution in [0.15, 0.2) is 16.5 Å². The molecule has 1 aromatic heterocycles. The summed E-state index contributed by atoms with van der Waals surface area (Å²) in [6.07, 6.45) is 0.516. The predicted molar refractivity (Wildman–Crippen MR) is 68.1 cm³/mol. The van der Waals surface area contributed by atoms with Gasteiger partial charge in [-0.3, -0.25) is 0 Å². The van der Waals surface area contributed by atoms with E-state index >= 15 is 0 Å². The van der Waals surface area contributed by atoms with Crippen molar-refractivity contribution >= 4 is 24.0 Å². The van der Waals surface area contributed by atoms with Gasteiger partial charge in [0.15, 0.2) is 5.22 Å². The zero-order valence-corrected chi connectivity index (χ0v) is 11.1. The van der Waals surface area contributed by atoms with Gasteiger partial charge in [-0.15, -0.1) is 12.4 Å². The molecule has 5 heteroatoms. The number of furan rings is 1. The van der Waals surface area contributed by atoms with Gasteiger partial charge < -0.3 is 14.8 Å². The van der Waals surface area contributed by atoms with Gasteiger partial charge in [0.1, 0.15) is 5.76 Å². The summed E-state index contributed by atoms with van der Waals surface area (Å²) in [5, 5.41) is 13.1. The molecule has 0 spiro atoms. The smallest absolute Gasteiger partial charge is 0.193 e. The fourth-order valence-electron chi connectivity index (χ4n) is 1.44. The molecule has 0 aliphatic carbocycles. The molecule has 2 N–H and O–H groups in total. The summed E-state index contributed by atoms with van der Waals surface area (Å²) >= 11 is 5.63. The van der Waals surface area contributed by atoms with Crippen molar-refractivity contribution in [2.45, 2.75) is 32.9 Å². The van der Waals surface area contributed by atoms with Crippen LogP contribution >= 0.6 is 24.0 Å². The van der Waals surface area contributed by atoms with Crippen LogP contribution in [0.1, 0.15) is 26.0 Å². The average Bonchev–Trinajstić information content (AvgIpc) is 2.50. The molecule has 1 unspecified atom stereocenters. The SMILES string of the molecule is CC(C)CC(O)CNCc1ccc(Cl)o1.Cl. The molecule has 1 aromatic rings. The van der Waals surface area contributed by atoms with Crippen LogP contribution in [0.2, 0.25) is 5.22 Å².